The van der Waals surface area contributed by atoms with Crippen LogP contribution in [0.15, 0.2) is 0 Å². The number of aromatic nitrogens is 2. The number of aryl methyl sites for hydroxylation is 1. The van der Waals surface area contributed by atoms with E-state index in [2.05, 4.69) is 29.1 Å². The second-order valence-corrected chi connectivity index (χ2v) is 4.56. The molecule has 1 aromatic heterocycles. The SMILES string of the molecule is CCc1c(Cl)nc(C)nc1N[C@@H]1C[C@H]1C. The molecule has 4 heteroatoms. The second kappa shape index (κ2) is 3.97. The molecule has 0 aliphatic heterocycles. The van der Waals surface area contributed by atoms with Gasteiger partial charge in [0.15, 0.2) is 0 Å². The first-order valence-corrected chi connectivity index (χ1v) is 5.79. The minimum Gasteiger partial charge on any atom is -0.367 e. The number of halogens is 1. The van der Waals surface area contributed by atoms with Crippen LogP contribution < -0.4 is 5.32 Å². The van der Waals surface area contributed by atoms with Gasteiger partial charge in [0.25, 0.3) is 0 Å². The van der Waals surface area contributed by atoms with Crippen molar-refractivity contribution in [3.8, 4) is 0 Å². The van der Waals surface area contributed by atoms with Crippen LogP contribution in [0.4, 0.5) is 5.82 Å². The van der Waals surface area contributed by atoms with E-state index in [4.69, 9.17) is 11.6 Å². The molecule has 1 aliphatic carbocycles. The predicted octanol–water partition coefficient (Wildman–Crippen LogP) is 2.82. The maximum absolute atomic E-state index is 6.08. The molecule has 3 nitrogen and oxygen atoms in total. The van der Waals surface area contributed by atoms with Gasteiger partial charge in [-0.3, -0.25) is 0 Å². The van der Waals surface area contributed by atoms with Gasteiger partial charge < -0.3 is 5.32 Å². The Labute approximate surface area is 95.3 Å². The van der Waals surface area contributed by atoms with Crippen molar-refractivity contribution >= 4 is 17.4 Å². The molecule has 0 unspecified atom stereocenters. The second-order valence-electron chi connectivity index (χ2n) is 4.21. The Hall–Kier alpha value is -0.830. The average molecular weight is 226 g/mol. The fourth-order valence-electron chi connectivity index (χ4n) is 1.69. The number of anilines is 1. The normalized spacial score (nSPS) is 24.0. The van der Waals surface area contributed by atoms with Crippen LogP contribution in [0, 0.1) is 12.8 Å². The molecule has 1 heterocycles. The largest absolute Gasteiger partial charge is 0.367 e. The highest BCUT2D eigenvalue weighted by atomic mass is 35.5. The number of hydrogen-bond donors (Lipinski definition) is 1. The molecule has 0 bridgehead atoms. The van der Waals surface area contributed by atoms with Crippen molar-refractivity contribution < 1.29 is 0 Å². The first-order chi connectivity index (χ1) is 7.11. The number of hydrogen-bond acceptors (Lipinski definition) is 3. The van der Waals surface area contributed by atoms with Crippen LogP contribution in [0.2, 0.25) is 5.15 Å². The highest BCUT2D eigenvalue weighted by Gasteiger charge is 2.33. The average Bonchev–Trinajstić information content (AvgIpc) is 2.81. The van der Waals surface area contributed by atoms with Crippen molar-refractivity contribution in [1.82, 2.24) is 9.97 Å². The fraction of sp³-hybridized carbons (Fsp3) is 0.636. The predicted molar refractivity (Wildman–Crippen MR) is 62.3 cm³/mol. The molecule has 0 radical (unpaired) electrons. The summed E-state index contributed by atoms with van der Waals surface area (Å²) in [6.45, 7) is 6.17. The van der Waals surface area contributed by atoms with E-state index in [1.807, 2.05) is 6.92 Å². The summed E-state index contributed by atoms with van der Waals surface area (Å²) in [4.78, 5) is 8.58. The Balaban J connectivity index is 2.27. The van der Waals surface area contributed by atoms with Crippen LogP contribution in [-0.2, 0) is 6.42 Å². The summed E-state index contributed by atoms with van der Waals surface area (Å²) in [7, 11) is 0. The van der Waals surface area contributed by atoms with Crippen molar-refractivity contribution in [1.29, 1.82) is 0 Å². The van der Waals surface area contributed by atoms with E-state index in [9.17, 15) is 0 Å². The third kappa shape index (κ3) is 2.23. The van der Waals surface area contributed by atoms with Crippen molar-refractivity contribution in [2.24, 2.45) is 5.92 Å². The highest BCUT2D eigenvalue weighted by molar-refractivity contribution is 6.30. The van der Waals surface area contributed by atoms with Gasteiger partial charge in [-0.2, -0.15) is 0 Å². The van der Waals surface area contributed by atoms with Crippen molar-refractivity contribution in [3.05, 3.63) is 16.5 Å². The van der Waals surface area contributed by atoms with Crippen molar-refractivity contribution in [2.75, 3.05) is 5.32 Å². The Morgan fingerprint density at radius 1 is 1.47 bits per heavy atom. The summed E-state index contributed by atoms with van der Waals surface area (Å²) < 4.78 is 0. The lowest BCUT2D eigenvalue weighted by Gasteiger charge is -2.11. The topological polar surface area (TPSA) is 37.8 Å². The maximum Gasteiger partial charge on any atom is 0.138 e. The third-order valence-electron chi connectivity index (χ3n) is 2.85. The van der Waals surface area contributed by atoms with E-state index in [-0.39, 0.29) is 0 Å². The zero-order valence-corrected chi connectivity index (χ0v) is 10.1. The van der Waals surface area contributed by atoms with Crippen LogP contribution in [0.3, 0.4) is 0 Å². The molecule has 2 rings (SSSR count). The molecule has 1 aromatic rings. The molecule has 82 valence electrons. The van der Waals surface area contributed by atoms with Crippen molar-refractivity contribution in [2.45, 2.75) is 39.7 Å². The van der Waals surface area contributed by atoms with Gasteiger partial charge in [0.1, 0.15) is 16.8 Å². The summed E-state index contributed by atoms with van der Waals surface area (Å²) in [5.41, 5.74) is 1.03. The molecule has 1 aliphatic rings. The Morgan fingerprint density at radius 3 is 2.67 bits per heavy atom. The van der Waals surface area contributed by atoms with Gasteiger partial charge in [-0.25, -0.2) is 9.97 Å². The molecule has 15 heavy (non-hydrogen) atoms. The van der Waals surface area contributed by atoms with E-state index in [1.165, 1.54) is 6.42 Å². The molecule has 1 fully saturated rings. The van der Waals surface area contributed by atoms with Gasteiger partial charge in [0, 0.05) is 11.6 Å². The monoisotopic (exact) mass is 225 g/mol. The minimum atomic E-state index is 0.570. The summed E-state index contributed by atoms with van der Waals surface area (Å²) in [6, 6.07) is 0.570. The lowest BCUT2D eigenvalue weighted by Crippen LogP contribution is -2.10. The van der Waals surface area contributed by atoms with E-state index < -0.39 is 0 Å². The fourth-order valence-corrected chi connectivity index (χ4v) is 2.04. The van der Waals surface area contributed by atoms with E-state index in [0.29, 0.717) is 11.2 Å². The van der Waals surface area contributed by atoms with Crippen LogP contribution in [0.5, 0.6) is 0 Å². The summed E-state index contributed by atoms with van der Waals surface area (Å²) in [6.07, 6.45) is 2.09. The molecule has 0 saturated heterocycles. The number of nitrogens with one attached hydrogen (secondary N) is 1. The first-order valence-electron chi connectivity index (χ1n) is 5.41. The molecule has 0 aromatic carbocycles. The van der Waals surface area contributed by atoms with Gasteiger partial charge in [0.2, 0.25) is 0 Å². The van der Waals surface area contributed by atoms with E-state index in [0.717, 1.165) is 29.5 Å². The van der Waals surface area contributed by atoms with Gasteiger partial charge >= 0.3 is 0 Å². The Kier molecular flexibility index (Phi) is 2.83. The Bertz CT molecular complexity index is 378. The maximum atomic E-state index is 6.08. The lowest BCUT2D eigenvalue weighted by molar-refractivity contribution is 0.906. The zero-order valence-electron chi connectivity index (χ0n) is 9.34. The first kappa shape index (κ1) is 10.7. The van der Waals surface area contributed by atoms with Gasteiger partial charge in [-0.05, 0) is 25.7 Å². The molecule has 0 spiro atoms. The zero-order chi connectivity index (χ0) is 11.0. The molecular weight excluding hydrogens is 210 g/mol. The molecule has 2 atom stereocenters. The van der Waals surface area contributed by atoms with Gasteiger partial charge in [0.05, 0.1) is 0 Å². The van der Waals surface area contributed by atoms with Crippen LogP contribution in [-0.4, -0.2) is 16.0 Å². The third-order valence-corrected chi connectivity index (χ3v) is 3.17. The molecule has 1 saturated carbocycles. The van der Waals surface area contributed by atoms with E-state index in [1.54, 1.807) is 0 Å². The van der Waals surface area contributed by atoms with Gasteiger partial charge in [-0.1, -0.05) is 25.4 Å². The number of rotatable bonds is 3. The molecular formula is C11H16ClN3. The Morgan fingerprint density at radius 2 is 2.13 bits per heavy atom. The van der Waals surface area contributed by atoms with Gasteiger partial charge in [-0.15, -0.1) is 0 Å². The standard InChI is InChI=1S/C11H16ClN3/c1-4-8-10(12)13-7(3)14-11(8)15-9-5-6(9)2/h6,9H,4-5H2,1-3H3,(H,13,14,15)/t6-,9-/m1/s1. The lowest BCUT2D eigenvalue weighted by atomic mass is 10.2. The van der Waals surface area contributed by atoms with Crippen molar-refractivity contribution in [3.63, 3.8) is 0 Å². The molecule has 1 N–H and O–H groups in total. The van der Waals surface area contributed by atoms with Crippen LogP contribution >= 0.6 is 11.6 Å². The van der Waals surface area contributed by atoms with Crippen LogP contribution in [0.1, 0.15) is 31.7 Å². The number of nitrogens with zero attached hydrogens (tertiary/aromatic N) is 2. The summed E-state index contributed by atoms with van der Waals surface area (Å²) in [5.74, 6) is 2.40. The smallest absolute Gasteiger partial charge is 0.138 e. The summed E-state index contributed by atoms with van der Waals surface area (Å²) >= 11 is 6.08. The molecule has 0 amide bonds. The van der Waals surface area contributed by atoms with Crippen LogP contribution in [0.25, 0.3) is 0 Å². The minimum absolute atomic E-state index is 0.570. The van der Waals surface area contributed by atoms with E-state index >= 15 is 0 Å². The summed E-state index contributed by atoms with van der Waals surface area (Å²) in [5, 5.41) is 4.02. The highest BCUT2D eigenvalue weighted by Crippen LogP contribution is 2.34. The quantitative estimate of drug-likeness (QED) is 0.804.